The van der Waals surface area contributed by atoms with Crippen LogP contribution in [0.15, 0.2) is 152 Å². The van der Waals surface area contributed by atoms with Crippen molar-refractivity contribution in [3.05, 3.63) is 179 Å². The van der Waals surface area contributed by atoms with Gasteiger partial charge < -0.3 is 90.6 Å². The molecule has 0 aromatic heterocycles. The van der Waals surface area contributed by atoms with Crippen molar-refractivity contribution < 1.29 is 133 Å². The smallest absolute Gasteiger partial charge is 0.338 e. The van der Waals surface area contributed by atoms with E-state index in [0.29, 0.717) is 11.6 Å². The van der Waals surface area contributed by atoms with Crippen LogP contribution in [0.1, 0.15) is 102 Å². The molecule has 20 atom stereocenters. The summed E-state index contributed by atoms with van der Waals surface area (Å²) >= 11 is 0. The fraction of sp³-hybridized carbons (Fsp3) is 0.474. The normalized spacial score (nSPS) is 28.6. The first-order chi connectivity index (χ1) is 50.6. The number of amides is 1. The zero-order valence-electron chi connectivity index (χ0n) is 60.4. The van der Waals surface area contributed by atoms with E-state index in [1.54, 1.807) is 110 Å². The summed E-state index contributed by atoms with van der Waals surface area (Å²) in [6.07, 6.45) is -33.1. The van der Waals surface area contributed by atoms with Crippen LogP contribution in [0.25, 0.3) is 0 Å². The zero-order valence-corrected chi connectivity index (χ0v) is 61.4. The lowest BCUT2D eigenvalue weighted by Crippen LogP contribution is -2.71. The Hall–Kier alpha value is -9.34. The van der Waals surface area contributed by atoms with Gasteiger partial charge in [0.05, 0.1) is 41.1 Å². The molecule has 0 unspecified atom stereocenters. The second-order valence-electron chi connectivity index (χ2n) is 26.7. The third-order valence-electron chi connectivity index (χ3n) is 17.2. The topological polar surface area (TPSA) is 349 Å². The molecule has 4 aliphatic heterocycles. The highest BCUT2D eigenvalue weighted by Gasteiger charge is 2.61. The summed E-state index contributed by atoms with van der Waals surface area (Å²) in [7, 11) is -1.87. The lowest BCUT2D eigenvalue weighted by molar-refractivity contribution is -0.386. The third-order valence-corrected chi connectivity index (χ3v) is 18.9. The maximum absolute atomic E-state index is 14.7. The van der Waals surface area contributed by atoms with E-state index >= 15 is 0 Å². The van der Waals surface area contributed by atoms with Gasteiger partial charge in [-0.05, 0) is 74.0 Å². The van der Waals surface area contributed by atoms with E-state index in [2.05, 4.69) is 25.0 Å². The largest absolute Gasteiger partial charge is 0.463 e. The Morgan fingerprint density at radius 2 is 0.717 bits per heavy atom. The molecule has 0 radical (unpaired) electrons. The third kappa shape index (κ3) is 22.4. The molecule has 0 bridgehead atoms. The van der Waals surface area contributed by atoms with Crippen LogP contribution in [0.4, 0.5) is 0 Å². The number of benzene rings is 5. The van der Waals surface area contributed by atoms with Crippen molar-refractivity contribution in [3.63, 3.8) is 0 Å². The minimum absolute atomic E-state index is 0.0181. The van der Waals surface area contributed by atoms with Crippen LogP contribution in [-0.2, 0) is 121 Å². The summed E-state index contributed by atoms with van der Waals surface area (Å²) in [5, 5.41) is 2.78. The fourth-order valence-electron chi connectivity index (χ4n) is 12.2. The lowest BCUT2D eigenvalue weighted by Gasteiger charge is -2.52. The van der Waals surface area contributed by atoms with Crippen molar-refractivity contribution >= 4 is 67.7 Å². The molecule has 0 aliphatic carbocycles. The van der Waals surface area contributed by atoms with E-state index in [0.717, 1.165) is 41.5 Å². The Morgan fingerprint density at radius 3 is 1.14 bits per heavy atom. The Kier molecular flexibility index (Phi) is 28.8. The molecule has 570 valence electrons. The molecule has 4 heterocycles. The van der Waals surface area contributed by atoms with Gasteiger partial charge >= 0.3 is 53.7 Å². The molecule has 30 heteroatoms. The number of hydrogen-bond donors (Lipinski definition) is 1. The molecular weight excluding hydrogens is 1400 g/mol. The first kappa shape index (κ1) is 80.7. The van der Waals surface area contributed by atoms with E-state index in [1.165, 1.54) is 55.5 Å². The van der Waals surface area contributed by atoms with E-state index in [1.807, 2.05) is 0 Å². The van der Waals surface area contributed by atoms with Gasteiger partial charge in [-0.15, -0.1) is 0 Å². The highest BCUT2D eigenvalue weighted by atomic mass is 28.3. The molecule has 0 spiro atoms. The lowest BCUT2D eigenvalue weighted by atomic mass is 9.93. The molecule has 4 fully saturated rings. The van der Waals surface area contributed by atoms with Crippen LogP contribution < -0.4 is 5.32 Å². The molecule has 0 saturated carbocycles. The molecule has 1 amide bonds. The van der Waals surface area contributed by atoms with E-state index in [4.69, 9.17) is 85.3 Å². The average molecular weight is 1490 g/mol. The molecule has 4 saturated heterocycles. The van der Waals surface area contributed by atoms with Crippen LogP contribution in [-0.4, -0.2) is 210 Å². The standard InChI is InChI=1S/C76H89NO28Si/c1-42-58(99-69(84)51-29-19-13-20-30-51)63(91-39-50-27-17-12-18-28-50)66(101-71(86)53-33-23-15-24-34-53)75(93-42)105-68-65(96-49(8)83)61(95-48(7)82)56(41-90-46(5)80)98-76(68)103-62-57(77-44(3)78)73(97-55(40-89-45(4)79)60(62)94-47(6)81)104-64-59(100-70(85)52-31-21-14-22-32-52)43(2)92-74(88-37-38-106(9,10)11)67(64)102-72(87)54-35-25-16-26-36-54/h12-36,42-43,55-68,73-76H,37-41H2,1-11H3,(H,77,78)/t42-,43-,55+,56+,57+,58-,59-,60+,61-,62+,63+,64+,65-,66+,67+,68+,73+,74+,75-,76+/m0/s1. The average Bonchev–Trinajstić information content (AvgIpc) is 0.760. The molecule has 1 N–H and O–H groups in total. The van der Waals surface area contributed by atoms with Gasteiger partial charge in [0.15, 0.2) is 74.0 Å². The van der Waals surface area contributed by atoms with Gasteiger partial charge in [-0.2, -0.15) is 0 Å². The number of hydrogen-bond acceptors (Lipinski definition) is 28. The van der Waals surface area contributed by atoms with Crippen molar-refractivity contribution in [2.75, 3.05) is 19.8 Å². The SMILES string of the molecule is CC(=O)N[C@H]1[C@@H](O[C@@H]2[C@@H](OC(=O)c3ccccc3)[C@H](C)O[C@@H](OCC[Si](C)(C)C)[C@@H]2OC(=O)c2ccccc2)O[C@H](COC(C)=O)[C@@H](OC(C)=O)[C@@H]1O[C@H]1O[C@H](COC(C)=O)[C@H](OC(C)=O)[C@H](OC(C)=O)[C@H]1O[C@@H]1O[C@@H](C)[C@H](OC(=O)c2ccccc2)[C@@H](OCc2ccccc2)[C@H]1OC(=O)c1ccccc1. The maximum Gasteiger partial charge on any atom is 0.338 e. The van der Waals surface area contributed by atoms with Crippen molar-refractivity contribution in [1.29, 1.82) is 0 Å². The van der Waals surface area contributed by atoms with Gasteiger partial charge in [0.2, 0.25) is 5.91 Å². The number of rotatable bonds is 29. The fourth-order valence-corrected chi connectivity index (χ4v) is 13.0. The highest BCUT2D eigenvalue weighted by molar-refractivity contribution is 6.76. The molecule has 29 nitrogen and oxygen atoms in total. The van der Waals surface area contributed by atoms with Crippen LogP contribution >= 0.6 is 0 Å². The maximum atomic E-state index is 14.7. The van der Waals surface area contributed by atoms with Gasteiger partial charge in [-0.25, -0.2) is 19.2 Å². The second-order valence-corrected chi connectivity index (χ2v) is 32.4. The first-order valence-electron chi connectivity index (χ1n) is 34.6. The Bertz CT molecular complexity index is 3780. The zero-order chi connectivity index (χ0) is 76.4. The van der Waals surface area contributed by atoms with Crippen LogP contribution in [0.5, 0.6) is 0 Å². The summed E-state index contributed by atoms with van der Waals surface area (Å²) in [5.41, 5.74) is 0.904. The van der Waals surface area contributed by atoms with Gasteiger partial charge in [0.1, 0.15) is 49.8 Å². The summed E-state index contributed by atoms with van der Waals surface area (Å²) in [5.74, 6) is -9.24. The number of nitrogens with one attached hydrogen (secondary N) is 1. The van der Waals surface area contributed by atoms with Crippen molar-refractivity contribution in [2.45, 2.75) is 210 Å². The molecule has 5 aromatic rings. The van der Waals surface area contributed by atoms with Crippen molar-refractivity contribution in [3.8, 4) is 0 Å². The van der Waals surface area contributed by atoms with E-state index in [9.17, 15) is 47.9 Å². The predicted molar refractivity (Wildman–Crippen MR) is 370 cm³/mol. The van der Waals surface area contributed by atoms with Crippen molar-refractivity contribution in [2.24, 2.45) is 0 Å². The minimum Gasteiger partial charge on any atom is -0.463 e. The summed E-state index contributed by atoms with van der Waals surface area (Å²) in [4.78, 5) is 139. The summed E-state index contributed by atoms with van der Waals surface area (Å²) in [6.45, 7) is 14.0. The Morgan fingerprint density at radius 1 is 0.358 bits per heavy atom. The second kappa shape index (κ2) is 37.8. The molecular formula is C76H89NO28Si. The predicted octanol–water partition coefficient (Wildman–Crippen LogP) is 7.35. The van der Waals surface area contributed by atoms with E-state index in [-0.39, 0.29) is 35.5 Å². The number of esters is 9. The molecule has 9 rings (SSSR count). The monoisotopic (exact) mass is 1490 g/mol. The van der Waals surface area contributed by atoms with Crippen LogP contribution in [0.3, 0.4) is 0 Å². The number of ether oxygens (including phenoxy) is 18. The molecule has 4 aliphatic rings. The summed E-state index contributed by atoms with van der Waals surface area (Å²) < 4.78 is 116. The Labute approximate surface area is 613 Å². The highest BCUT2D eigenvalue weighted by Crippen LogP contribution is 2.41. The first-order valence-corrected chi connectivity index (χ1v) is 38.3. The van der Waals surface area contributed by atoms with Crippen LogP contribution in [0, 0.1) is 0 Å². The van der Waals surface area contributed by atoms with Gasteiger partial charge in [-0.3, -0.25) is 28.8 Å². The number of carbonyl (C=O) groups is 10. The quantitative estimate of drug-likeness (QED) is 0.0278. The van der Waals surface area contributed by atoms with E-state index < -0.39 is 204 Å². The molecule has 106 heavy (non-hydrogen) atoms. The van der Waals surface area contributed by atoms with Crippen LogP contribution in [0.2, 0.25) is 25.7 Å². The van der Waals surface area contributed by atoms with Gasteiger partial charge in [0, 0.05) is 56.2 Å². The minimum atomic E-state index is -2.20. The van der Waals surface area contributed by atoms with Gasteiger partial charge in [-0.1, -0.05) is 123 Å². The number of carbonyl (C=O) groups excluding carboxylic acids is 10. The Balaban J connectivity index is 1.23. The van der Waals surface area contributed by atoms with Gasteiger partial charge in [0.25, 0.3) is 0 Å². The summed E-state index contributed by atoms with van der Waals surface area (Å²) in [6, 6.07) is 39.0. The molecule has 5 aromatic carbocycles. The van der Waals surface area contributed by atoms with Crippen molar-refractivity contribution in [1.82, 2.24) is 5.32 Å².